The van der Waals surface area contributed by atoms with Gasteiger partial charge in [-0.2, -0.15) is 0 Å². The SMILES string of the molecule is COc1cc(C=O)ccc1OCC1CCCN2CCCCC12. The van der Waals surface area contributed by atoms with E-state index >= 15 is 0 Å². The molecule has 2 atom stereocenters. The Morgan fingerprint density at radius 2 is 2.05 bits per heavy atom. The second kappa shape index (κ2) is 7.14. The van der Waals surface area contributed by atoms with Gasteiger partial charge in [-0.1, -0.05) is 6.42 Å². The van der Waals surface area contributed by atoms with E-state index in [-0.39, 0.29) is 0 Å². The first-order valence-corrected chi connectivity index (χ1v) is 8.32. The van der Waals surface area contributed by atoms with Crippen LogP contribution in [0.4, 0.5) is 0 Å². The molecule has 1 aromatic rings. The molecule has 2 aliphatic rings. The number of ether oxygens (including phenoxy) is 2. The van der Waals surface area contributed by atoms with Crippen molar-refractivity contribution in [2.45, 2.75) is 38.1 Å². The summed E-state index contributed by atoms with van der Waals surface area (Å²) < 4.78 is 11.4. The molecular formula is C18H25NO3. The quantitative estimate of drug-likeness (QED) is 0.783. The number of fused-ring (bicyclic) bond motifs is 1. The van der Waals surface area contributed by atoms with Gasteiger partial charge in [0, 0.05) is 17.5 Å². The Hall–Kier alpha value is -1.55. The van der Waals surface area contributed by atoms with Crippen LogP contribution in [0.15, 0.2) is 18.2 Å². The van der Waals surface area contributed by atoms with Gasteiger partial charge in [0.05, 0.1) is 13.7 Å². The second-order valence-electron chi connectivity index (χ2n) is 6.34. The van der Waals surface area contributed by atoms with Crippen molar-refractivity contribution in [1.82, 2.24) is 4.90 Å². The number of benzene rings is 1. The fraction of sp³-hybridized carbons (Fsp3) is 0.611. The molecule has 0 spiro atoms. The molecule has 120 valence electrons. The Bertz CT molecular complexity index is 515. The highest BCUT2D eigenvalue weighted by Gasteiger charge is 2.33. The average Bonchev–Trinajstić information content (AvgIpc) is 2.59. The summed E-state index contributed by atoms with van der Waals surface area (Å²) in [5.41, 5.74) is 0.611. The molecule has 0 aliphatic carbocycles. The summed E-state index contributed by atoms with van der Waals surface area (Å²) in [4.78, 5) is 13.5. The maximum Gasteiger partial charge on any atom is 0.161 e. The molecule has 0 saturated carbocycles. The zero-order chi connectivity index (χ0) is 15.4. The van der Waals surface area contributed by atoms with E-state index < -0.39 is 0 Å². The summed E-state index contributed by atoms with van der Waals surface area (Å²) in [6, 6.07) is 6.03. The van der Waals surface area contributed by atoms with Crippen LogP contribution in [0.3, 0.4) is 0 Å². The lowest BCUT2D eigenvalue weighted by molar-refractivity contribution is 0.0361. The topological polar surface area (TPSA) is 38.8 Å². The monoisotopic (exact) mass is 303 g/mol. The van der Waals surface area contributed by atoms with Crippen molar-refractivity contribution in [2.75, 3.05) is 26.8 Å². The molecule has 2 aliphatic heterocycles. The number of carbonyl (C=O) groups is 1. The van der Waals surface area contributed by atoms with Gasteiger partial charge >= 0.3 is 0 Å². The molecular weight excluding hydrogens is 278 g/mol. The van der Waals surface area contributed by atoms with E-state index in [2.05, 4.69) is 4.90 Å². The van der Waals surface area contributed by atoms with E-state index in [1.807, 2.05) is 6.07 Å². The fourth-order valence-electron chi connectivity index (χ4n) is 3.85. The van der Waals surface area contributed by atoms with E-state index in [1.54, 1.807) is 19.2 Å². The van der Waals surface area contributed by atoms with Gasteiger partial charge in [0.1, 0.15) is 6.29 Å². The number of hydrogen-bond acceptors (Lipinski definition) is 4. The molecule has 2 saturated heterocycles. The Kier molecular flexibility index (Phi) is 4.98. The highest BCUT2D eigenvalue weighted by molar-refractivity contribution is 5.76. The Balaban J connectivity index is 1.65. The Morgan fingerprint density at radius 3 is 2.86 bits per heavy atom. The fourth-order valence-corrected chi connectivity index (χ4v) is 3.85. The van der Waals surface area contributed by atoms with Crippen molar-refractivity contribution < 1.29 is 14.3 Å². The van der Waals surface area contributed by atoms with E-state index in [0.717, 1.165) is 18.6 Å². The minimum absolute atomic E-state index is 0.601. The first-order valence-electron chi connectivity index (χ1n) is 8.32. The van der Waals surface area contributed by atoms with Crippen molar-refractivity contribution in [3.05, 3.63) is 23.8 Å². The predicted octanol–water partition coefficient (Wildman–Crippen LogP) is 3.15. The summed E-state index contributed by atoms with van der Waals surface area (Å²) >= 11 is 0. The number of methoxy groups -OCH3 is 1. The lowest BCUT2D eigenvalue weighted by Crippen LogP contribution is -2.49. The first-order chi connectivity index (χ1) is 10.8. The lowest BCUT2D eigenvalue weighted by atomic mass is 9.84. The molecule has 22 heavy (non-hydrogen) atoms. The highest BCUT2D eigenvalue weighted by Crippen LogP contribution is 2.33. The van der Waals surface area contributed by atoms with Gasteiger partial charge in [-0.05, 0) is 57.0 Å². The number of hydrogen-bond donors (Lipinski definition) is 0. The number of rotatable bonds is 5. The number of piperidine rings is 2. The Morgan fingerprint density at radius 1 is 1.18 bits per heavy atom. The normalized spacial score (nSPS) is 25.3. The van der Waals surface area contributed by atoms with Crippen LogP contribution in [-0.2, 0) is 0 Å². The minimum atomic E-state index is 0.601. The second-order valence-corrected chi connectivity index (χ2v) is 6.34. The van der Waals surface area contributed by atoms with Crippen LogP contribution in [0.25, 0.3) is 0 Å². The minimum Gasteiger partial charge on any atom is -0.493 e. The van der Waals surface area contributed by atoms with Gasteiger partial charge in [0.15, 0.2) is 11.5 Å². The molecule has 2 heterocycles. The van der Waals surface area contributed by atoms with Crippen molar-refractivity contribution in [3.63, 3.8) is 0 Å². The van der Waals surface area contributed by atoms with E-state index in [9.17, 15) is 4.79 Å². The molecule has 0 radical (unpaired) electrons. The third-order valence-corrected chi connectivity index (χ3v) is 5.01. The number of aldehydes is 1. The zero-order valence-corrected chi connectivity index (χ0v) is 13.3. The molecule has 2 unspecified atom stereocenters. The van der Waals surface area contributed by atoms with Crippen LogP contribution in [-0.4, -0.2) is 44.0 Å². The molecule has 4 heteroatoms. The van der Waals surface area contributed by atoms with Crippen LogP contribution in [0.1, 0.15) is 42.5 Å². The number of nitrogens with zero attached hydrogens (tertiary/aromatic N) is 1. The average molecular weight is 303 g/mol. The van der Waals surface area contributed by atoms with Crippen LogP contribution in [0, 0.1) is 5.92 Å². The largest absolute Gasteiger partial charge is 0.493 e. The summed E-state index contributed by atoms with van der Waals surface area (Å²) in [6.45, 7) is 3.23. The summed E-state index contributed by atoms with van der Waals surface area (Å²) in [6.07, 6.45) is 7.32. The standard InChI is InChI=1S/C18H25NO3/c1-21-18-11-14(12-20)7-8-17(18)22-13-15-5-4-10-19-9-3-2-6-16(15)19/h7-8,11-12,15-16H,2-6,9-10,13H2,1H3. The Labute approximate surface area is 132 Å². The highest BCUT2D eigenvalue weighted by atomic mass is 16.5. The van der Waals surface area contributed by atoms with Gasteiger partial charge in [0.25, 0.3) is 0 Å². The molecule has 2 fully saturated rings. The first kappa shape index (κ1) is 15.3. The van der Waals surface area contributed by atoms with Crippen LogP contribution in [0.2, 0.25) is 0 Å². The molecule has 0 N–H and O–H groups in total. The third kappa shape index (κ3) is 3.27. The van der Waals surface area contributed by atoms with Crippen molar-refractivity contribution in [2.24, 2.45) is 5.92 Å². The molecule has 4 nitrogen and oxygen atoms in total. The molecule has 0 aromatic heterocycles. The van der Waals surface area contributed by atoms with Gasteiger partial charge in [-0.3, -0.25) is 9.69 Å². The maximum absolute atomic E-state index is 10.8. The summed E-state index contributed by atoms with van der Waals surface area (Å²) in [5.74, 6) is 1.98. The van der Waals surface area contributed by atoms with Crippen molar-refractivity contribution >= 4 is 6.29 Å². The molecule has 3 rings (SSSR count). The smallest absolute Gasteiger partial charge is 0.161 e. The predicted molar refractivity (Wildman–Crippen MR) is 85.8 cm³/mol. The maximum atomic E-state index is 10.8. The summed E-state index contributed by atoms with van der Waals surface area (Å²) in [7, 11) is 1.61. The molecule has 0 amide bonds. The van der Waals surface area contributed by atoms with Gasteiger partial charge in [-0.25, -0.2) is 0 Å². The van der Waals surface area contributed by atoms with E-state index in [4.69, 9.17) is 9.47 Å². The van der Waals surface area contributed by atoms with Crippen LogP contribution < -0.4 is 9.47 Å². The van der Waals surface area contributed by atoms with E-state index in [0.29, 0.717) is 23.3 Å². The zero-order valence-electron chi connectivity index (χ0n) is 13.3. The van der Waals surface area contributed by atoms with Crippen LogP contribution in [0.5, 0.6) is 11.5 Å². The van der Waals surface area contributed by atoms with Gasteiger partial charge in [0.2, 0.25) is 0 Å². The molecule has 1 aromatic carbocycles. The lowest BCUT2D eigenvalue weighted by Gasteiger charge is -2.44. The molecule has 0 bridgehead atoms. The van der Waals surface area contributed by atoms with Gasteiger partial charge < -0.3 is 9.47 Å². The third-order valence-electron chi connectivity index (χ3n) is 5.01. The van der Waals surface area contributed by atoms with Crippen molar-refractivity contribution in [3.8, 4) is 11.5 Å². The van der Waals surface area contributed by atoms with Crippen LogP contribution >= 0.6 is 0 Å². The number of carbonyl (C=O) groups excluding carboxylic acids is 1. The van der Waals surface area contributed by atoms with E-state index in [1.165, 1.54) is 45.2 Å². The van der Waals surface area contributed by atoms with Crippen molar-refractivity contribution in [1.29, 1.82) is 0 Å². The van der Waals surface area contributed by atoms with Gasteiger partial charge in [-0.15, -0.1) is 0 Å². The summed E-state index contributed by atoms with van der Waals surface area (Å²) in [5, 5.41) is 0.